The molecule has 2 atom stereocenters. The molecule has 2 amide bonds. The molecule has 1 aliphatic rings. The Hall–Kier alpha value is -3.15. The van der Waals surface area contributed by atoms with Crippen LogP contribution in [0.5, 0.6) is 5.75 Å². The number of rotatable bonds is 6. The second-order valence-corrected chi connectivity index (χ2v) is 8.87. The number of aromatic hydroxyl groups is 1. The fourth-order valence-corrected chi connectivity index (χ4v) is 4.05. The van der Waals surface area contributed by atoms with Crippen molar-refractivity contribution in [3.8, 4) is 5.75 Å². The molecule has 0 bridgehead atoms. The molecule has 0 spiro atoms. The lowest BCUT2D eigenvalue weighted by Gasteiger charge is -2.33. The Morgan fingerprint density at radius 2 is 2.06 bits per heavy atom. The molecule has 9 nitrogen and oxygen atoms in total. The number of fused-ring (bicyclic) bond motifs is 1. The largest absolute Gasteiger partial charge is 0.501 e. The number of amides is 2. The first-order valence-corrected chi connectivity index (χ1v) is 11.4. The summed E-state index contributed by atoms with van der Waals surface area (Å²) in [6.07, 6.45) is 2.40. The first-order valence-electron chi connectivity index (χ1n) is 9.71. The quantitative estimate of drug-likeness (QED) is 0.648. The van der Waals surface area contributed by atoms with Gasteiger partial charge >= 0.3 is 0 Å². The molecule has 2 N–H and O–H groups in total. The zero-order valence-electron chi connectivity index (χ0n) is 17.4. The highest BCUT2D eigenvalue weighted by Crippen LogP contribution is 2.29. The Labute approximate surface area is 184 Å². The van der Waals surface area contributed by atoms with Crippen LogP contribution in [0.1, 0.15) is 40.8 Å². The van der Waals surface area contributed by atoms with Gasteiger partial charge in [0.1, 0.15) is 11.6 Å². The molecule has 0 saturated carbocycles. The van der Waals surface area contributed by atoms with Crippen molar-refractivity contribution in [2.45, 2.75) is 32.0 Å². The van der Waals surface area contributed by atoms with Gasteiger partial charge in [-0.1, -0.05) is 6.07 Å². The topological polar surface area (TPSA) is 122 Å². The lowest BCUT2D eigenvalue weighted by Crippen LogP contribution is -2.41. The van der Waals surface area contributed by atoms with Crippen LogP contribution in [0.4, 0.5) is 8.78 Å². The minimum atomic E-state index is -1.36. The highest BCUT2D eigenvalue weighted by molar-refractivity contribution is 7.85. The summed E-state index contributed by atoms with van der Waals surface area (Å²) >= 11 is 0. The van der Waals surface area contributed by atoms with Crippen LogP contribution in [-0.2, 0) is 28.7 Å². The summed E-state index contributed by atoms with van der Waals surface area (Å²) in [5, 5.41) is 12.7. The Balaban J connectivity index is 1.89. The van der Waals surface area contributed by atoms with E-state index in [0.29, 0.717) is 12.8 Å². The summed E-state index contributed by atoms with van der Waals surface area (Å²) < 4.78 is 39.1. The summed E-state index contributed by atoms with van der Waals surface area (Å²) in [7, 11) is 0.140. The standard InChI is InChI=1S/C20H22F2N4O5S/c1-25(15(27)10-32(2)31)14-4-3-7-26-18(14)24-16(17(28)20(26)30)19(29)23-9-11-5-6-12(21)13(22)8-11/h5-6,8,14,28H,3-4,7,9-10H2,1-2H3,(H,23,29). The average Bonchev–Trinajstić information content (AvgIpc) is 2.75. The maximum absolute atomic E-state index is 13.4. The molecule has 0 radical (unpaired) electrons. The molecule has 3 rings (SSSR count). The first kappa shape index (κ1) is 23.5. The molecular formula is C20H22F2N4O5S. The Morgan fingerprint density at radius 3 is 2.72 bits per heavy atom. The van der Waals surface area contributed by atoms with E-state index in [1.807, 2.05) is 0 Å². The normalized spacial score (nSPS) is 16.2. The van der Waals surface area contributed by atoms with E-state index in [1.54, 1.807) is 0 Å². The van der Waals surface area contributed by atoms with Gasteiger partial charge in [0.25, 0.3) is 11.5 Å². The molecule has 172 valence electrons. The summed E-state index contributed by atoms with van der Waals surface area (Å²) in [5.41, 5.74) is -1.09. The minimum Gasteiger partial charge on any atom is -0.501 e. The molecule has 2 unspecified atom stereocenters. The third-order valence-corrected chi connectivity index (χ3v) is 5.83. The molecule has 0 aliphatic carbocycles. The van der Waals surface area contributed by atoms with E-state index >= 15 is 0 Å². The zero-order valence-corrected chi connectivity index (χ0v) is 18.2. The van der Waals surface area contributed by atoms with E-state index in [1.165, 1.54) is 28.8 Å². The molecule has 2 heterocycles. The summed E-state index contributed by atoms with van der Waals surface area (Å²) in [6, 6.07) is 2.46. The van der Waals surface area contributed by atoms with Crippen molar-refractivity contribution in [3.63, 3.8) is 0 Å². The third-order valence-electron chi connectivity index (χ3n) is 5.17. The van der Waals surface area contributed by atoms with Crippen LogP contribution in [-0.4, -0.2) is 54.6 Å². The van der Waals surface area contributed by atoms with E-state index < -0.39 is 57.3 Å². The Kier molecular flexibility index (Phi) is 7.02. The number of hydrogen-bond acceptors (Lipinski definition) is 6. The van der Waals surface area contributed by atoms with Crippen LogP contribution in [0.3, 0.4) is 0 Å². The number of carbonyl (C=O) groups is 2. The van der Waals surface area contributed by atoms with Crippen molar-refractivity contribution in [1.82, 2.24) is 19.8 Å². The molecule has 1 aromatic carbocycles. The van der Waals surface area contributed by atoms with Gasteiger partial charge in [-0.05, 0) is 30.5 Å². The minimum absolute atomic E-state index is 0.134. The highest BCUT2D eigenvalue weighted by Gasteiger charge is 2.32. The molecule has 0 saturated heterocycles. The highest BCUT2D eigenvalue weighted by atomic mass is 32.2. The number of benzene rings is 1. The lowest BCUT2D eigenvalue weighted by molar-refractivity contribution is -0.129. The average molecular weight is 468 g/mol. The van der Waals surface area contributed by atoms with Crippen molar-refractivity contribution in [3.05, 3.63) is 57.3 Å². The van der Waals surface area contributed by atoms with E-state index in [0.717, 1.165) is 12.1 Å². The first-order chi connectivity index (χ1) is 15.1. The van der Waals surface area contributed by atoms with Gasteiger partial charge in [-0.2, -0.15) is 0 Å². The molecule has 12 heteroatoms. The van der Waals surface area contributed by atoms with Crippen LogP contribution < -0.4 is 10.9 Å². The van der Waals surface area contributed by atoms with E-state index in [2.05, 4.69) is 10.3 Å². The number of halogens is 2. The Morgan fingerprint density at radius 1 is 1.34 bits per heavy atom. The molecular weight excluding hydrogens is 446 g/mol. The monoisotopic (exact) mass is 468 g/mol. The van der Waals surface area contributed by atoms with Gasteiger partial charge in [-0.3, -0.25) is 23.2 Å². The van der Waals surface area contributed by atoms with Crippen LogP contribution in [0.15, 0.2) is 23.0 Å². The van der Waals surface area contributed by atoms with Gasteiger partial charge in [0.15, 0.2) is 17.3 Å². The number of hydrogen-bond donors (Lipinski definition) is 2. The molecule has 1 aromatic heterocycles. The van der Waals surface area contributed by atoms with Gasteiger partial charge in [0.2, 0.25) is 11.7 Å². The van der Waals surface area contributed by atoms with Crippen molar-refractivity contribution in [1.29, 1.82) is 0 Å². The third kappa shape index (κ3) is 4.85. The number of carbonyl (C=O) groups excluding carboxylic acids is 2. The fraction of sp³-hybridized carbons (Fsp3) is 0.400. The van der Waals surface area contributed by atoms with Gasteiger partial charge in [0.05, 0.1) is 6.04 Å². The maximum atomic E-state index is 13.4. The molecule has 2 aromatic rings. The SMILES string of the molecule is CN(C(=O)CS(C)=O)C1CCCn2c1nc(C(=O)NCc1ccc(F)c(F)c1)c(O)c2=O. The van der Waals surface area contributed by atoms with E-state index in [4.69, 9.17) is 0 Å². The second kappa shape index (κ2) is 9.55. The molecule has 0 fully saturated rings. The molecule has 32 heavy (non-hydrogen) atoms. The van der Waals surface area contributed by atoms with Gasteiger partial charge in [0, 0.05) is 37.2 Å². The second-order valence-electron chi connectivity index (χ2n) is 7.44. The zero-order chi connectivity index (χ0) is 23.6. The summed E-state index contributed by atoms with van der Waals surface area (Å²) in [5.74, 6) is -4.31. The van der Waals surface area contributed by atoms with E-state index in [9.17, 15) is 32.5 Å². The van der Waals surface area contributed by atoms with Crippen molar-refractivity contribution < 1.29 is 27.7 Å². The van der Waals surface area contributed by atoms with Crippen molar-refractivity contribution >= 4 is 22.6 Å². The van der Waals surface area contributed by atoms with Crippen LogP contribution >= 0.6 is 0 Å². The van der Waals surface area contributed by atoms with E-state index in [-0.39, 0.29) is 30.2 Å². The van der Waals surface area contributed by atoms with Crippen LogP contribution in [0.2, 0.25) is 0 Å². The van der Waals surface area contributed by atoms with Crippen molar-refractivity contribution in [2.75, 3.05) is 19.1 Å². The van der Waals surface area contributed by atoms with Gasteiger partial charge < -0.3 is 15.3 Å². The maximum Gasteiger partial charge on any atom is 0.296 e. The van der Waals surface area contributed by atoms with Crippen molar-refractivity contribution in [2.24, 2.45) is 0 Å². The number of nitrogens with one attached hydrogen (secondary N) is 1. The Bertz CT molecular complexity index is 1150. The molecule has 1 aliphatic heterocycles. The predicted octanol–water partition coefficient (Wildman–Crippen LogP) is 0.829. The van der Waals surface area contributed by atoms with Crippen LogP contribution in [0, 0.1) is 11.6 Å². The van der Waals surface area contributed by atoms with Crippen LogP contribution in [0.25, 0.3) is 0 Å². The predicted molar refractivity (Wildman–Crippen MR) is 111 cm³/mol. The number of aromatic nitrogens is 2. The van der Waals surface area contributed by atoms with Gasteiger partial charge in [-0.15, -0.1) is 0 Å². The van der Waals surface area contributed by atoms with Gasteiger partial charge in [-0.25, -0.2) is 13.8 Å². The smallest absolute Gasteiger partial charge is 0.296 e. The fourth-order valence-electron chi connectivity index (χ4n) is 3.49. The number of nitrogens with zero attached hydrogens (tertiary/aromatic N) is 3. The summed E-state index contributed by atoms with van der Waals surface area (Å²) in [4.78, 5) is 43.2. The summed E-state index contributed by atoms with van der Waals surface area (Å²) in [6.45, 7) is 0.0590. The lowest BCUT2D eigenvalue weighted by atomic mass is 10.0.